The van der Waals surface area contributed by atoms with Crippen molar-refractivity contribution < 1.29 is 0 Å². The lowest BCUT2D eigenvalue weighted by Gasteiger charge is -2.21. The van der Waals surface area contributed by atoms with Crippen molar-refractivity contribution in [3.63, 3.8) is 0 Å². The third-order valence-electron chi connectivity index (χ3n) is 3.35. The molecular weight excluding hydrogens is 262 g/mol. The Labute approximate surface area is 129 Å². The zero-order valence-corrected chi connectivity index (χ0v) is 14.3. The largest absolute Gasteiger partial charge is 0.370 e. The first-order chi connectivity index (χ1) is 10.0. The average molecular weight is 293 g/mol. The molecule has 1 aromatic heterocycles. The highest BCUT2D eigenvalue weighted by Crippen LogP contribution is 2.08. The van der Waals surface area contributed by atoms with E-state index in [1.54, 1.807) is 0 Å². The summed E-state index contributed by atoms with van der Waals surface area (Å²) in [4.78, 5) is 13.8. The van der Waals surface area contributed by atoms with Gasteiger partial charge in [-0.1, -0.05) is 13.8 Å². The van der Waals surface area contributed by atoms with Crippen molar-refractivity contribution in [2.75, 3.05) is 45.6 Å². The van der Waals surface area contributed by atoms with Crippen molar-refractivity contribution >= 4 is 5.82 Å². The standard InChI is InChI=1S/C16H31N5/c1-6-9-17-15-12-14(3)18-16(19-15)13-21(7-2)11-8-10-20(4)5/h12H,6-11,13H2,1-5H3,(H,17,18,19). The fourth-order valence-electron chi connectivity index (χ4n) is 2.20. The smallest absolute Gasteiger partial charge is 0.144 e. The average Bonchev–Trinajstić information content (AvgIpc) is 2.43. The number of nitrogens with one attached hydrogen (secondary N) is 1. The highest BCUT2D eigenvalue weighted by Gasteiger charge is 2.08. The van der Waals surface area contributed by atoms with Crippen LogP contribution in [0.15, 0.2) is 6.07 Å². The van der Waals surface area contributed by atoms with Crippen LogP contribution in [0.5, 0.6) is 0 Å². The number of anilines is 1. The van der Waals surface area contributed by atoms with Gasteiger partial charge in [0, 0.05) is 18.3 Å². The van der Waals surface area contributed by atoms with Crippen molar-refractivity contribution in [1.82, 2.24) is 19.8 Å². The molecule has 0 bridgehead atoms. The second-order valence-corrected chi connectivity index (χ2v) is 5.76. The third-order valence-corrected chi connectivity index (χ3v) is 3.35. The van der Waals surface area contributed by atoms with Crippen molar-refractivity contribution in [2.45, 2.75) is 40.2 Å². The summed E-state index contributed by atoms with van der Waals surface area (Å²) >= 11 is 0. The molecule has 0 radical (unpaired) electrons. The van der Waals surface area contributed by atoms with Crippen LogP contribution in [0, 0.1) is 6.92 Å². The monoisotopic (exact) mass is 293 g/mol. The summed E-state index contributed by atoms with van der Waals surface area (Å²) in [5.74, 6) is 1.86. The number of rotatable bonds is 10. The Bertz CT molecular complexity index is 406. The molecule has 5 nitrogen and oxygen atoms in total. The van der Waals surface area contributed by atoms with Gasteiger partial charge in [0.05, 0.1) is 6.54 Å². The fourth-order valence-corrected chi connectivity index (χ4v) is 2.20. The Morgan fingerprint density at radius 1 is 1.14 bits per heavy atom. The van der Waals surface area contributed by atoms with Crippen LogP contribution >= 0.6 is 0 Å². The molecule has 1 N–H and O–H groups in total. The van der Waals surface area contributed by atoms with Crippen LogP contribution in [-0.2, 0) is 6.54 Å². The summed E-state index contributed by atoms with van der Waals surface area (Å²) in [5, 5.41) is 3.35. The highest BCUT2D eigenvalue weighted by atomic mass is 15.2. The van der Waals surface area contributed by atoms with Crippen LogP contribution in [0.4, 0.5) is 5.82 Å². The molecule has 1 rings (SSSR count). The zero-order valence-electron chi connectivity index (χ0n) is 14.3. The van der Waals surface area contributed by atoms with E-state index in [0.29, 0.717) is 0 Å². The molecule has 21 heavy (non-hydrogen) atoms. The van der Waals surface area contributed by atoms with Gasteiger partial charge >= 0.3 is 0 Å². The highest BCUT2D eigenvalue weighted by molar-refractivity contribution is 5.35. The van der Waals surface area contributed by atoms with Crippen LogP contribution in [0.25, 0.3) is 0 Å². The maximum atomic E-state index is 4.63. The van der Waals surface area contributed by atoms with Crippen molar-refractivity contribution in [3.8, 4) is 0 Å². The second-order valence-electron chi connectivity index (χ2n) is 5.76. The number of aryl methyl sites for hydroxylation is 1. The van der Waals surface area contributed by atoms with Crippen molar-refractivity contribution in [2.24, 2.45) is 0 Å². The van der Waals surface area contributed by atoms with E-state index in [0.717, 1.165) is 56.5 Å². The first-order valence-corrected chi connectivity index (χ1v) is 8.00. The molecule has 120 valence electrons. The topological polar surface area (TPSA) is 44.3 Å². The van der Waals surface area contributed by atoms with Gasteiger partial charge in [-0.05, 0) is 53.5 Å². The van der Waals surface area contributed by atoms with E-state index < -0.39 is 0 Å². The van der Waals surface area contributed by atoms with Gasteiger partial charge in [-0.3, -0.25) is 4.90 Å². The summed E-state index contributed by atoms with van der Waals surface area (Å²) in [6, 6.07) is 2.02. The lowest BCUT2D eigenvalue weighted by Crippen LogP contribution is -2.28. The molecule has 0 atom stereocenters. The molecule has 0 aliphatic carbocycles. The predicted octanol–water partition coefficient (Wildman–Crippen LogP) is 2.38. The molecule has 0 aromatic carbocycles. The Morgan fingerprint density at radius 3 is 2.52 bits per heavy atom. The second kappa shape index (κ2) is 9.68. The summed E-state index contributed by atoms with van der Waals surface area (Å²) in [7, 11) is 4.23. The minimum Gasteiger partial charge on any atom is -0.370 e. The Kier molecular flexibility index (Phi) is 8.23. The quantitative estimate of drug-likeness (QED) is 0.717. The molecule has 5 heteroatoms. The molecule has 0 saturated heterocycles. The van der Waals surface area contributed by atoms with E-state index >= 15 is 0 Å². The fraction of sp³-hybridized carbons (Fsp3) is 0.750. The normalized spacial score (nSPS) is 11.4. The number of hydrogen-bond donors (Lipinski definition) is 1. The predicted molar refractivity (Wildman–Crippen MR) is 89.7 cm³/mol. The lowest BCUT2D eigenvalue weighted by molar-refractivity contribution is 0.253. The van der Waals surface area contributed by atoms with Gasteiger partial charge in [-0.25, -0.2) is 9.97 Å². The Morgan fingerprint density at radius 2 is 1.90 bits per heavy atom. The van der Waals surface area contributed by atoms with Gasteiger partial charge in [-0.15, -0.1) is 0 Å². The summed E-state index contributed by atoms with van der Waals surface area (Å²) in [5.41, 5.74) is 1.03. The summed E-state index contributed by atoms with van der Waals surface area (Å²) < 4.78 is 0. The molecule has 1 aromatic rings. The van der Waals surface area contributed by atoms with E-state index in [-0.39, 0.29) is 0 Å². The van der Waals surface area contributed by atoms with Crippen LogP contribution in [0.2, 0.25) is 0 Å². The summed E-state index contributed by atoms with van der Waals surface area (Å²) in [6.07, 6.45) is 2.28. The third kappa shape index (κ3) is 7.39. The molecule has 0 aliphatic rings. The van der Waals surface area contributed by atoms with Gasteiger partial charge in [0.2, 0.25) is 0 Å². The maximum Gasteiger partial charge on any atom is 0.144 e. The minimum absolute atomic E-state index is 0.826. The number of hydrogen-bond acceptors (Lipinski definition) is 5. The van der Waals surface area contributed by atoms with E-state index in [1.807, 2.05) is 13.0 Å². The SMILES string of the molecule is CCCNc1cc(C)nc(CN(CC)CCCN(C)C)n1. The van der Waals surface area contributed by atoms with E-state index in [1.165, 1.54) is 6.42 Å². The van der Waals surface area contributed by atoms with Crippen molar-refractivity contribution in [3.05, 3.63) is 17.6 Å². The number of nitrogens with zero attached hydrogens (tertiary/aromatic N) is 4. The Balaban J connectivity index is 2.59. The maximum absolute atomic E-state index is 4.63. The van der Waals surface area contributed by atoms with E-state index in [2.05, 4.69) is 53.0 Å². The molecule has 0 unspecified atom stereocenters. The van der Waals surface area contributed by atoms with Crippen LogP contribution in [-0.4, -0.2) is 60.0 Å². The Hall–Kier alpha value is -1.20. The van der Waals surface area contributed by atoms with Crippen LogP contribution < -0.4 is 5.32 Å². The minimum atomic E-state index is 0.826. The van der Waals surface area contributed by atoms with E-state index in [9.17, 15) is 0 Å². The van der Waals surface area contributed by atoms with Gasteiger partial charge < -0.3 is 10.2 Å². The molecule has 0 saturated carbocycles. The van der Waals surface area contributed by atoms with E-state index in [4.69, 9.17) is 0 Å². The van der Waals surface area contributed by atoms with Crippen molar-refractivity contribution in [1.29, 1.82) is 0 Å². The van der Waals surface area contributed by atoms with Gasteiger partial charge in [0.25, 0.3) is 0 Å². The first kappa shape index (κ1) is 17.9. The number of aromatic nitrogens is 2. The molecule has 0 spiro atoms. The molecule has 1 heterocycles. The molecule has 0 aliphatic heterocycles. The van der Waals surface area contributed by atoms with Crippen LogP contribution in [0.1, 0.15) is 38.2 Å². The zero-order chi connectivity index (χ0) is 15.7. The van der Waals surface area contributed by atoms with Gasteiger partial charge in [-0.2, -0.15) is 0 Å². The van der Waals surface area contributed by atoms with Crippen LogP contribution in [0.3, 0.4) is 0 Å². The van der Waals surface area contributed by atoms with Gasteiger partial charge in [0.15, 0.2) is 0 Å². The van der Waals surface area contributed by atoms with Gasteiger partial charge in [0.1, 0.15) is 11.6 Å². The first-order valence-electron chi connectivity index (χ1n) is 8.00. The molecular formula is C16H31N5. The molecule has 0 amide bonds. The summed E-state index contributed by atoms with van der Waals surface area (Å²) in [6.45, 7) is 11.4. The lowest BCUT2D eigenvalue weighted by atomic mass is 10.3. The molecule has 0 fully saturated rings.